The monoisotopic (exact) mass is 330 g/mol. The van der Waals surface area contributed by atoms with Crippen molar-refractivity contribution in [2.24, 2.45) is 0 Å². The number of alkyl halides is 3. The van der Waals surface area contributed by atoms with E-state index in [1.807, 2.05) is 0 Å². The van der Waals surface area contributed by atoms with Gasteiger partial charge in [0, 0.05) is 0 Å². The Morgan fingerprint density at radius 1 is 0.955 bits per heavy atom. The lowest BCUT2D eigenvalue weighted by Crippen LogP contribution is -2.08. The molecule has 0 aliphatic carbocycles. The highest BCUT2D eigenvalue weighted by molar-refractivity contribution is 8.00. The van der Waals surface area contributed by atoms with Gasteiger partial charge >= 0.3 is 6.18 Å². The SMILES string of the molecule is O=S(=O)(C(=CF)c1cccc(C(F)(F)F)c1)c1ccccc1. The van der Waals surface area contributed by atoms with E-state index < -0.39 is 26.5 Å². The molecule has 2 rings (SSSR count). The second-order valence-electron chi connectivity index (χ2n) is 4.37. The number of halogens is 4. The first-order valence-electron chi connectivity index (χ1n) is 6.05. The molecule has 2 aromatic rings. The van der Waals surface area contributed by atoms with Gasteiger partial charge in [-0.3, -0.25) is 0 Å². The second kappa shape index (κ2) is 5.92. The van der Waals surface area contributed by atoms with Crippen molar-refractivity contribution in [2.75, 3.05) is 0 Å². The molecule has 116 valence electrons. The van der Waals surface area contributed by atoms with Crippen molar-refractivity contribution in [2.45, 2.75) is 11.1 Å². The molecular formula is C15H10F4O2S. The van der Waals surface area contributed by atoms with Gasteiger partial charge in [0.1, 0.15) is 11.2 Å². The molecule has 0 heterocycles. The Morgan fingerprint density at radius 2 is 1.59 bits per heavy atom. The van der Waals surface area contributed by atoms with Crippen LogP contribution in [0.4, 0.5) is 17.6 Å². The Kier molecular flexibility index (Phi) is 4.37. The molecule has 0 unspecified atom stereocenters. The smallest absolute Gasteiger partial charge is 0.218 e. The average molecular weight is 330 g/mol. The van der Waals surface area contributed by atoms with Gasteiger partial charge in [0.2, 0.25) is 9.84 Å². The van der Waals surface area contributed by atoms with E-state index in [0.29, 0.717) is 6.07 Å². The lowest BCUT2D eigenvalue weighted by molar-refractivity contribution is -0.137. The molecule has 0 aromatic heterocycles. The average Bonchev–Trinajstić information content (AvgIpc) is 2.48. The van der Waals surface area contributed by atoms with E-state index >= 15 is 0 Å². The first-order valence-corrected chi connectivity index (χ1v) is 7.53. The number of benzene rings is 2. The van der Waals surface area contributed by atoms with Crippen LogP contribution in [0.3, 0.4) is 0 Å². The van der Waals surface area contributed by atoms with Crippen molar-refractivity contribution in [3.8, 4) is 0 Å². The van der Waals surface area contributed by atoms with Crippen LogP contribution in [0.2, 0.25) is 0 Å². The van der Waals surface area contributed by atoms with Crippen LogP contribution in [-0.2, 0) is 16.0 Å². The van der Waals surface area contributed by atoms with Crippen LogP contribution in [0, 0.1) is 0 Å². The van der Waals surface area contributed by atoms with E-state index in [4.69, 9.17) is 0 Å². The number of hydrogen-bond donors (Lipinski definition) is 0. The minimum absolute atomic E-state index is 0.197. The molecule has 0 spiro atoms. The molecule has 2 aromatic carbocycles. The summed E-state index contributed by atoms with van der Waals surface area (Å²) >= 11 is 0. The van der Waals surface area contributed by atoms with E-state index in [9.17, 15) is 26.0 Å². The van der Waals surface area contributed by atoms with Gasteiger partial charge in [0.25, 0.3) is 0 Å². The lowest BCUT2D eigenvalue weighted by atomic mass is 10.1. The summed E-state index contributed by atoms with van der Waals surface area (Å²) in [5, 5.41) is 0. The maximum absolute atomic E-state index is 13.1. The topological polar surface area (TPSA) is 34.1 Å². The Morgan fingerprint density at radius 3 is 2.14 bits per heavy atom. The summed E-state index contributed by atoms with van der Waals surface area (Å²) in [5.74, 6) is 0. The molecule has 0 atom stereocenters. The van der Waals surface area contributed by atoms with Crippen molar-refractivity contribution < 1.29 is 26.0 Å². The van der Waals surface area contributed by atoms with Gasteiger partial charge in [0.15, 0.2) is 0 Å². The van der Waals surface area contributed by atoms with E-state index in [1.165, 1.54) is 24.3 Å². The molecule has 0 aliphatic rings. The van der Waals surface area contributed by atoms with Crippen molar-refractivity contribution in [1.29, 1.82) is 0 Å². The molecule has 0 N–H and O–H groups in total. The van der Waals surface area contributed by atoms with Crippen LogP contribution < -0.4 is 0 Å². The molecule has 0 radical (unpaired) electrons. The largest absolute Gasteiger partial charge is 0.416 e. The van der Waals surface area contributed by atoms with Crippen LogP contribution in [0.1, 0.15) is 11.1 Å². The molecular weight excluding hydrogens is 320 g/mol. The fourth-order valence-electron chi connectivity index (χ4n) is 1.85. The van der Waals surface area contributed by atoms with Crippen LogP contribution in [-0.4, -0.2) is 8.42 Å². The Labute approximate surface area is 124 Å². The maximum atomic E-state index is 13.1. The van der Waals surface area contributed by atoms with Gasteiger partial charge in [-0.2, -0.15) is 13.2 Å². The zero-order valence-corrected chi connectivity index (χ0v) is 11.8. The third kappa shape index (κ3) is 3.19. The normalized spacial score (nSPS) is 13.2. The summed E-state index contributed by atoms with van der Waals surface area (Å²) in [4.78, 5) is -1.01. The number of rotatable bonds is 3. The van der Waals surface area contributed by atoms with Gasteiger partial charge in [-0.1, -0.05) is 30.3 Å². The van der Waals surface area contributed by atoms with Gasteiger partial charge in [-0.05, 0) is 29.8 Å². The van der Waals surface area contributed by atoms with Gasteiger partial charge in [0.05, 0.1) is 10.5 Å². The van der Waals surface area contributed by atoms with Crippen LogP contribution >= 0.6 is 0 Å². The third-order valence-corrected chi connectivity index (χ3v) is 4.71. The predicted octanol–water partition coefficient (Wildman–Crippen LogP) is 4.45. The first kappa shape index (κ1) is 16.2. The Balaban J connectivity index is 2.55. The molecule has 0 saturated carbocycles. The van der Waals surface area contributed by atoms with Crippen molar-refractivity contribution in [3.05, 3.63) is 72.1 Å². The minimum atomic E-state index is -4.64. The van der Waals surface area contributed by atoms with Gasteiger partial charge in [-0.25, -0.2) is 12.8 Å². The summed E-state index contributed by atoms with van der Waals surface area (Å²) < 4.78 is 75.9. The van der Waals surface area contributed by atoms with Gasteiger partial charge in [-0.15, -0.1) is 0 Å². The fraction of sp³-hybridized carbons (Fsp3) is 0.0667. The van der Waals surface area contributed by atoms with Crippen molar-refractivity contribution >= 4 is 14.7 Å². The summed E-state index contributed by atoms with van der Waals surface area (Å²) in [6, 6.07) is 10.5. The molecule has 0 bridgehead atoms. The van der Waals surface area contributed by atoms with Gasteiger partial charge < -0.3 is 0 Å². The fourth-order valence-corrected chi connectivity index (χ4v) is 3.18. The molecule has 22 heavy (non-hydrogen) atoms. The minimum Gasteiger partial charge on any atom is -0.218 e. The Bertz CT molecular complexity index is 794. The lowest BCUT2D eigenvalue weighted by Gasteiger charge is -2.11. The van der Waals surface area contributed by atoms with Crippen LogP contribution in [0.25, 0.3) is 4.91 Å². The molecule has 0 amide bonds. The summed E-state index contributed by atoms with van der Waals surface area (Å²) in [6.45, 7) is 0. The predicted molar refractivity (Wildman–Crippen MR) is 74.2 cm³/mol. The highest BCUT2D eigenvalue weighted by atomic mass is 32.2. The quantitative estimate of drug-likeness (QED) is 0.779. The maximum Gasteiger partial charge on any atom is 0.416 e. The molecule has 7 heteroatoms. The highest BCUT2D eigenvalue weighted by Crippen LogP contribution is 2.33. The third-order valence-electron chi connectivity index (χ3n) is 2.92. The first-order chi connectivity index (χ1) is 10.3. The summed E-state index contributed by atoms with van der Waals surface area (Å²) in [5.41, 5.74) is -1.41. The van der Waals surface area contributed by atoms with E-state index in [0.717, 1.165) is 18.2 Å². The zero-order valence-electron chi connectivity index (χ0n) is 11.0. The second-order valence-corrected chi connectivity index (χ2v) is 6.29. The highest BCUT2D eigenvalue weighted by Gasteiger charge is 2.32. The summed E-state index contributed by atoms with van der Waals surface area (Å²) in [6.07, 6.45) is -4.84. The summed E-state index contributed by atoms with van der Waals surface area (Å²) in [7, 11) is -4.25. The standard InChI is InChI=1S/C15H10F4O2S/c16-10-14(22(20,21)13-7-2-1-3-8-13)11-5-4-6-12(9-11)15(17,18)19/h1-10H. The number of sulfone groups is 1. The van der Waals surface area contributed by atoms with Crippen molar-refractivity contribution in [3.63, 3.8) is 0 Å². The Hall–Kier alpha value is -2.15. The molecule has 0 saturated heterocycles. The van der Waals surface area contributed by atoms with Crippen molar-refractivity contribution in [1.82, 2.24) is 0 Å². The van der Waals surface area contributed by atoms with E-state index in [1.54, 1.807) is 6.07 Å². The molecule has 0 fully saturated rings. The van der Waals surface area contributed by atoms with E-state index in [2.05, 4.69) is 0 Å². The van der Waals surface area contributed by atoms with Crippen LogP contribution in [0.5, 0.6) is 0 Å². The molecule has 0 aliphatic heterocycles. The zero-order chi connectivity index (χ0) is 16.4. The van der Waals surface area contributed by atoms with E-state index in [-0.39, 0.29) is 16.8 Å². The van der Waals surface area contributed by atoms with Crippen LogP contribution in [0.15, 0.2) is 65.8 Å². The molecule has 2 nitrogen and oxygen atoms in total. The number of hydrogen-bond acceptors (Lipinski definition) is 2.